The molecule has 1 saturated heterocycles. The van der Waals surface area contributed by atoms with Crippen LogP contribution in [0.3, 0.4) is 0 Å². The minimum absolute atomic E-state index is 0.381. The second kappa shape index (κ2) is 5.00. The summed E-state index contributed by atoms with van der Waals surface area (Å²) in [6.45, 7) is 0. The van der Waals surface area contributed by atoms with E-state index in [9.17, 15) is 0 Å². The maximum absolute atomic E-state index is 6.06. The van der Waals surface area contributed by atoms with Gasteiger partial charge in [-0.3, -0.25) is 5.84 Å². The molecule has 0 unspecified atom stereocenters. The minimum Gasteiger partial charge on any atom is -0.332 e. The summed E-state index contributed by atoms with van der Waals surface area (Å²) in [7, 11) is 0. The molecule has 74 valence electrons. The average Bonchev–Trinajstić information content (AvgIpc) is 2.30. The number of nitrogens with zero attached hydrogens (tertiary/aromatic N) is 1. The van der Waals surface area contributed by atoms with Crippen LogP contribution in [0.2, 0.25) is 0 Å². The number of hydrogen-bond acceptors (Lipinski definition) is 4. The van der Waals surface area contributed by atoms with Crippen molar-refractivity contribution in [3.63, 3.8) is 0 Å². The topological polar surface area (TPSA) is 29.3 Å². The van der Waals surface area contributed by atoms with Gasteiger partial charge in [0.2, 0.25) is 0 Å². The van der Waals surface area contributed by atoms with Gasteiger partial charge >= 0.3 is 5.40 Å². The Balaban J connectivity index is 2.03. The molecule has 1 aromatic rings. The zero-order valence-electron chi connectivity index (χ0n) is 7.93. The number of benzene rings is 1. The van der Waals surface area contributed by atoms with E-state index in [2.05, 4.69) is 12.1 Å². The lowest BCUT2D eigenvalue weighted by molar-refractivity contribution is 1.12. The van der Waals surface area contributed by atoms with Crippen molar-refractivity contribution in [1.29, 1.82) is 0 Å². The van der Waals surface area contributed by atoms with Gasteiger partial charge < -0.3 is 4.92 Å². The Morgan fingerprint density at radius 1 is 1.14 bits per heavy atom. The van der Waals surface area contributed by atoms with Crippen LogP contribution < -0.4 is 10.8 Å². The van der Waals surface area contributed by atoms with Crippen molar-refractivity contribution in [3.8, 4) is 0 Å². The quantitative estimate of drug-likeness (QED) is 0.474. The van der Waals surface area contributed by atoms with Crippen molar-refractivity contribution in [3.05, 3.63) is 30.3 Å². The van der Waals surface area contributed by atoms with Gasteiger partial charge in [-0.2, -0.15) is 23.2 Å². The first kappa shape index (κ1) is 10.3. The molecule has 1 aromatic carbocycles. The Morgan fingerprint density at radius 3 is 2.43 bits per heavy atom. The smallest absolute Gasteiger partial charge is 0.332 e. The second-order valence-electron chi connectivity index (χ2n) is 3.14. The van der Waals surface area contributed by atoms with Crippen LogP contribution in [0.1, 0.15) is 6.42 Å². The molecule has 0 atom stereocenters. The molecular weight excluding hydrogens is 211 g/mol. The SMILES string of the molecule is NN(B1SCCCS1)c1ccccc1. The van der Waals surface area contributed by atoms with Gasteiger partial charge in [-0.25, -0.2) is 0 Å². The zero-order chi connectivity index (χ0) is 9.80. The van der Waals surface area contributed by atoms with Crippen molar-refractivity contribution in [2.75, 3.05) is 16.4 Å². The molecule has 1 aliphatic heterocycles. The van der Waals surface area contributed by atoms with Crippen molar-refractivity contribution in [1.82, 2.24) is 0 Å². The highest BCUT2D eigenvalue weighted by molar-refractivity contribution is 8.54. The number of nitrogens with two attached hydrogens (primary N) is 1. The maximum Gasteiger partial charge on any atom is 0.407 e. The molecule has 2 N–H and O–H groups in total. The van der Waals surface area contributed by atoms with Gasteiger partial charge in [-0.05, 0) is 30.1 Å². The average molecular weight is 224 g/mol. The lowest BCUT2D eigenvalue weighted by Gasteiger charge is -2.27. The Labute approximate surface area is 93.5 Å². The summed E-state index contributed by atoms with van der Waals surface area (Å²) in [5.74, 6) is 8.50. The van der Waals surface area contributed by atoms with Crippen LogP contribution in [0.4, 0.5) is 5.69 Å². The highest BCUT2D eigenvalue weighted by Crippen LogP contribution is 2.30. The fourth-order valence-electron chi connectivity index (χ4n) is 1.36. The summed E-state index contributed by atoms with van der Waals surface area (Å²) < 4.78 is 0. The number of anilines is 1. The Kier molecular flexibility index (Phi) is 3.67. The molecule has 0 spiro atoms. The van der Waals surface area contributed by atoms with Gasteiger partial charge in [-0.15, -0.1) is 0 Å². The van der Waals surface area contributed by atoms with E-state index < -0.39 is 0 Å². The van der Waals surface area contributed by atoms with Gasteiger partial charge in [0.15, 0.2) is 0 Å². The van der Waals surface area contributed by atoms with Crippen LogP contribution in [0.25, 0.3) is 0 Å². The van der Waals surface area contributed by atoms with Gasteiger partial charge in [0.1, 0.15) is 0 Å². The third kappa shape index (κ3) is 2.41. The first-order valence-corrected chi connectivity index (χ1v) is 6.80. The fourth-order valence-corrected chi connectivity index (χ4v) is 4.09. The number of para-hydroxylation sites is 1. The van der Waals surface area contributed by atoms with Gasteiger partial charge in [0, 0.05) is 5.69 Å². The van der Waals surface area contributed by atoms with E-state index in [-0.39, 0.29) is 0 Å². The minimum atomic E-state index is 0.381. The number of hydrazine groups is 1. The van der Waals surface area contributed by atoms with E-state index in [1.165, 1.54) is 17.9 Å². The molecule has 2 nitrogen and oxygen atoms in total. The molecule has 0 bridgehead atoms. The molecule has 0 saturated carbocycles. The first-order chi connectivity index (χ1) is 6.88. The van der Waals surface area contributed by atoms with E-state index in [1.807, 2.05) is 46.3 Å². The molecule has 0 amide bonds. The third-order valence-corrected chi connectivity index (χ3v) is 4.98. The first-order valence-electron chi connectivity index (χ1n) is 4.70. The molecule has 1 fully saturated rings. The third-order valence-electron chi connectivity index (χ3n) is 2.09. The van der Waals surface area contributed by atoms with Gasteiger partial charge in [-0.1, -0.05) is 18.2 Å². The molecular formula is C9H13BN2S2. The van der Waals surface area contributed by atoms with Crippen LogP contribution in [-0.4, -0.2) is 16.9 Å². The molecule has 1 heterocycles. The lowest BCUT2D eigenvalue weighted by Crippen LogP contribution is -2.42. The van der Waals surface area contributed by atoms with Gasteiger partial charge in [0.25, 0.3) is 0 Å². The molecule has 1 aliphatic rings. The monoisotopic (exact) mass is 224 g/mol. The summed E-state index contributed by atoms with van der Waals surface area (Å²) in [5.41, 5.74) is 1.10. The molecule has 0 radical (unpaired) electrons. The van der Waals surface area contributed by atoms with Gasteiger partial charge in [0.05, 0.1) is 0 Å². The Morgan fingerprint density at radius 2 is 1.79 bits per heavy atom. The highest BCUT2D eigenvalue weighted by Gasteiger charge is 2.25. The molecule has 5 heteroatoms. The van der Waals surface area contributed by atoms with Crippen LogP contribution in [0, 0.1) is 0 Å². The molecule has 0 aromatic heterocycles. The van der Waals surface area contributed by atoms with Crippen molar-refractivity contribution >= 4 is 34.3 Å². The van der Waals surface area contributed by atoms with Crippen molar-refractivity contribution in [2.24, 2.45) is 5.84 Å². The van der Waals surface area contributed by atoms with Crippen molar-refractivity contribution < 1.29 is 0 Å². The van der Waals surface area contributed by atoms with E-state index in [1.54, 1.807) is 0 Å². The zero-order valence-corrected chi connectivity index (χ0v) is 9.56. The van der Waals surface area contributed by atoms with Crippen LogP contribution in [-0.2, 0) is 0 Å². The van der Waals surface area contributed by atoms with E-state index in [0.29, 0.717) is 5.40 Å². The van der Waals surface area contributed by atoms with E-state index in [4.69, 9.17) is 5.84 Å². The normalized spacial score (nSPS) is 16.8. The van der Waals surface area contributed by atoms with Crippen LogP contribution in [0.15, 0.2) is 30.3 Å². The predicted octanol–water partition coefficient (Wildman–Crippen LogP) is 2.22. The maximum atomic E-state index is 6.06. The fraction of sp³-hybridized carbons (Fsp3) is 0.333. The molecule has 0 aliphatic carbocycles. The second-order valence-corrected chi connectivity index (χ2v) is 5.82. The van der Waals surface area contributed by atoms with Crippen LogP contribution in [0.5, 0.6) is 0 Å². The Hall–Kier alpha value is -0.255. The summed E-state index contributed by atoms with van der Waals surface area (Å²) in [5, 5.41) is 0.381. The van der Waals surface area contributed by atoms with Crippen molar-refractivity contribution in [2.45, 2.75) is 6.42 Å². The lowest BCUT2D eigenvalue weighted by atomic mass is 10.2. The Bertz CT molecular complexity index is 277. The van der Waals surface area contributed by atoms with E-state index in [0.717, 1.165) is 5.69 Å². The highest BCUT2D eigenvalue weighted by atomic mass is 32.2. The summed E-state index contributed by atoms with van der Waals surface area (Å²) in [4.78, 5) is 1.87. The largest absolute Gasteiger partial charge is 0.407 e. The number of rotatable bonds is 2. The number of hydrogen-bond donors (Lipinski definition) is 1. The predicted molar refractivity (Wildman–Crippen MR) is 68.4 cm³/mol. The summed E-state index contributed by atoms with van der Waals surface area (Å²) in [6.07, 6.45) is 1.30. The van der Waals surface area contributed by atoms with Crippen LogP contribution >= 0.6 is 23.2 Å². The molecule has 14 heavy (non-hydrogen) atoms. The molecule has 2 rings (SSSR count). The summed E-state index contributed by atoms with van der Waals surface area (Å²) >= 11 is 3.86. The summed E-state index contributed by atoms with van der Waals surface area (Å²) in [6, 6.07) is 10.2. The van der Waals surface area contributed by atoms with E-state index >= 15 is 0 Å². The standard InChI is InChI=1S/C9H13BN2S2/c11-12(9-5-2-1-3-6-9)10-13-7-4-8-14-10/h1-3,5-6H,4,7-8,11H2.